The van der Waals surface area contributed by atoms with Crippen molar-refractivity contribution in [2.24, 2.45) is 0 Å². The SMILES string of the molecule is CO[C@@H]1[C@H](OC(=O)c2ccccc2)[C@@H](OP(=O)(OCc2ccccc2)OCc2ccccc2)O[C@H](COCc2ccccc2)[C@H]1O[C@H]1O[C@H](COCc2ccccc2)[C@@H](O[C@H]2O[C@H](COCc3ccccc3)[C@@H](O[C@H]3O[C@H](COCc4ccccc4)[C@@H](O[Si](C(C)C)(C(C)C)C(C)C)[C@H](OC)[C@@H]3OC(=O)c3ccccc3)[C@H](OC)[C@@H]2OC(=O)c2ccccc2)[C@H](OC)[C@@H]1OC(=O)c1ccccc1. The third kappa shape index (κ3) is 27.3. The van der Waals surface area contributed by atoms with Crippen LogP contribution in [0, 0.1) is 0 Å². The van der Waals surface area contributed by atoms with E-state index < -0.39 is 163 Å². The normalized spacial score (nSPS) is 25.2. The first-order chi connectivity index (χ1) is 66.7. The standard InChI is InChI=1S/C107H123O28PSi/c1-71(2)137(72(3)4,73(5)6)135-91-87(70-120-64-77-47-27-14-28-48-77)125-106(98(95(91)116-10)129-102(110)82-57-37-19-38-58-82)132-89-85(68-118-62-75-43-23-12-24-44-75)123-104(96(93(89)114-8)127-100(108)80-53-33-17-34-54-80)131-88-84(67-117-61-74-41-21-11-22-42-74)124-105(97(92(88)113-7)128-101(109)81-55-35-18-36-56-81)133-90-86(69-119-63-76-45-25-13-26-46-76)126-107(99(94(90)115-9)130-103(111)83-59-39-20-40-60-83)134-136(112,121-65-78-49-29-15-30-50-78)122-66-79-51-31-16-32-52-79/h11-60,71-73,84-99,104-107H,61-70H2,1-10H3/t84-,85-,86-,87-,88-,89-,90-,91-,92+,93+,94+,95+,96+,97+,98+,99+,104-,105-,106-,107-/m1/s1. The number of hydrogen-bond donors (Lipinski definition) is 0. The van der Waals surface area contributed by atoms with Crippen LogP contribution in [0.3, 0.4) is 0 Å². The predicted octanol–water partition coefficient (Wildman–Crippen LogP) is 18.0. The number of carbonyl (C=O) groups is 4. The number of phosphoric ester groups is 1. The van der Waals surface area contributed by atoms with Gasteiger partial charge in [0.2, 0.25) is 14.6 Å². The zero-order chi connectivity index (χ0) is 96.1. The van der Waals surface area contributed by atoms with Crippen molar-refractivity contribution in [3.8, 4) is 0 Å². The second kappa shape index (κ2) is 51.1. The molecule has 0 aromatic heterocycles. The van der Waals surface area contributed by atoms with Crippen LogP contribution < -0.4 is 0 Å². The Balaban J connectivity index is 0.885. The average molecular weight is 1920 g/mol. The van der Waals surface area contributed by atoms with Crippen LogP contribution in [0.15, 0.2) is 303 Å². The maximum atomic E-state index is 15.8. The largest absolute Gasteiger partial charge is 0.477 e. The maximum absolute atomic E-state index is 15.8. The molecule has 0 saturated carbocycles. The van der Waals surface area contributed by atoms with Crippen LogP contribution in [-0.4, -0.2) is 210 Å². The van der Waals surface area contributed by atoms with Gasteiger partial charge < -0.3 is 94.4 Å². The Morgan fingerprint density at radius 2 is 0.474 bits per heavy atom. The summed E-state index contributed by atoms with van der Waals surface area (Å²) in [4.78, 5) is 61.0. The lowest BCUT2D eigenvalue weighted by molar-refractivity contribution is -0.389. The van der Waals surface area contributed by atoms with Gasteiger partial charge in [-0.25, -0.2) is 23.7 Å². The van der Waals surface area contributed by atoms with E-state index in [1.807, 2.05) is 133 Å². The summed E-state index contributed by atoms with van der Waals surface area (Å²) in [5, 5.41) is 0. The monoisotopic (exact) mass is 1910 g/mol. The summed E-state index contributed by atoms with van der Waals surface area (Å²) >= 11 is 0. The molecule has 4 saturated heterocycles. The highest BCUT2D eigenvalue weighted by Gasteiger charge is 2.62. The summed E-state index contributed by atoms with van der Waals surface area (Å²) in [6, 6.07) is 88.9. The number of ether oxygens (including phenoxy) is 19. The van der Waals surface area contributed by atoms with E-state index in [1.165, 1.54) is 28.4 Å². The van der Waals surface area contributed by atoms with Gasteiger partial charge in [-0.3, -0.25) is 13.6 Å². The fraction of sp³-hybridized carbons (Fsp3) is 0.402. The number of rotatable bonds is 47. The van der Waals surface area contributed by atoms with E-state index in [0.29, 0.717) is 11.1 Å². The number of phosphoric acid groups is 1. The van der Waals surface area contributed by atoms with Gasteiger partial charge in [0, 0.05) is 28.4 Å². The van der Waals surface area contributed by atoms with Gasteiger partial charge in [0.05, 0.1) is 88.3 Å². The highest BCUT2D eigenvalue weighted by molar-refractivity contribution is 7.48. The van der Waals surface area contributed by atoms with Crippen molar-refractivity contribution < 1.29 is 132 Å². The third-order valence-electron chi connectivity index (χ3n) is 24.7. The Labute approximate surface area is 801 Å². The van der Waals surface area contributed by atoms with Gasteiger partial charge in [0.15, 0.2) is 43.3 Å². The topological polar surface area (TPSA) is 298 Å². The maximum Gasteiger partial charge on any atom is 0.477 e. The second-order valence-corrected chi connectivity index (χ2v) is 41.7. The number of carbonyl (C=O) groups excluding carboxylic acids is 4. The summed E-state index contributed by atoms with van der Waals surface area (Å²) in [6.45, 7) is 11.6. The molecule has 4 aliphatic heterocycles. The molecular formula is C107H123O28PSi. The number of esters is 4. The molecule has 0 amide bonds. The summed E-state index contributed by atoms with van der Waals surface area (Å²) in [5.74, 6) is -3.38. The molecule has 10 aromatic rings. The first kappa shape index (κ1) is 103. The molecule has 0 bridgehead atoms. The molecule has 20 atom stereocenters. The van der Waals surface area contributed by atoms with E-state index in [9.17, 15) is 4.79 Å². The zero-order valence-corrected chi connectivity index (χ0v) is 80.5. The van der Waals surface area contributed by atoms with Gasteiger partial charge in [0.1, 0.15) is 73.2 Å². The van der Waals surface area contributed by atoms with Crippen molar-refractivity contribution in [2.75, 3.05) is 54.9 Å². The molecule has 0 N–H and O–H groups in total. The van der Waals surface area contributed by atoms with Crippen LogP contribution in [0.1, 0.15) is 116 Å². The fourth-order valence-electron chi connectivity index (χ4n) is 18.0. The molecule has 137 heavy (non-hydrogen) atoms. The molecule has 28 nitrogen and oxygen atoms in total. The average Bonchev–Trinajstić information content (AvgIpc) is 0.750. The van der Waals surface area contributed by atoms with E-state index in [0.717, 1.165) is 22.3 Å². The van der Waals surface area contributed by atoms with Crippen molar-refractivity contribution in [3.63, 3.8) is 0 Å². The molecule has 728 valence electrons. The third-order valence-corrected chi connectivity index (χ3v) is 32.1. The molecule has 0 unspecified atom stereocenters. The molecule has 4 fully saturated rings. The Bertz CT molecular complexity index is 5240. The first-order valence-corrected chi connectivity index (χ1v) is 49.9. The second-order valence-electron chi connectivity index (χ2n) is 34.7. The van der Waals surface area contributed by atoms with Crippen LogP contribution in [0.2, 0.25) is 16.6 Å². The smallest absolute Gasteiger partial charge is 0.450 e. The lowest BCUT2D eigenvalue weighted by atomic mass is 9.94. The molecular weight excluding hydrogens is 1790 g/mol. The van der Waals surface area contributed by atoms with Gasteiger partial charge in [0.25, 0.3) is 0 Å². The molecule has 0 aliphatic carbocycles. The molecule has 30 heteroatoms. The van der Waals surface area contributed by atoms with Crippen LogP contribution in [0.4, 0.5) is 0 Å². The summed E-state index contributed by atoms with van der Waals surface area (Å²) in [5.41, 5.74) is 5.11. The lowest BCUT2D eigenvalue weighted by Crippen LogP contribution is -2.69. The van der Waals surface area contributed by atoms with Gasteiger partial charge in [-0.2, -0.15) is 0 Å². The molecule has 4 heterocycles. The summed E-state index contributed by atoms with van der Waals surface area (Å²) in [6.07, 6.45) is -30.2. The Morgan fingerprint density at radius 3 is 0.708 bits per heavy atom. The van der Waals surface area contributed by atoms with Gasteiger partial charge in [-0.1, -0.05) is 296 Å². The molecule has 10 aromatic carbocycles. The van der Waals surface area contributed by atoms with E-state index in [-0.39, 0.29) is 105 Å². The van der Waals surface area contributed by atoms with Gasteiger partial charge >= 0.3 is 31.7 Å². The van der Waals surface area contributed by atoms with Crippen molar-refractivity contribution in [1.29, 1.82) is 0 Å². The number of hydrogen-bond acceptors (Lipinski definition) is 28. The van der Waals surface area contributed by atoms with Crippen molar-refractivity contribution in [1.82, 2.24) is 0 Å². The van der Waals surface area contributed by atoms with Crippen LogP contribution in [0.25, 0.3) is 0 Å². The van der Waals surface area contributed by atoms with Crippen molar-refractivity contribution in [2.45, 2.75) is 221 Å². The van der Waals surface area contributed by atoms with Crippen molar-refractivity contribution >= 4 is 40.0 Å². The minimum absolute atomic E-state index is 0.00356. The predicted molar refractivity (Wildman–Crippen MR) is 506 cm³/mol. The summed E-state index contributed by atoms with van der Waals surface area (Å²) < 4.78 is 175. The van der Waals surface area contributed by atoms with Crippen molar-refractivity contribution in [3.05, 3.63) is 359 Å². The Morgan fingerprint density at radius 1 is 0.270 bits per heavy atom. The first-order valence-electron chi connectivity index (χ1n) is 46.3. The van der Waals surface area contributed by atoms with E-state index in [4.69, 9.17) is 108 Å². The minimum Gasteiger partial charge on any atom is -0.450 e. The highest BCUT2D eigenvalue weighted by atomic mass is 31.2. The Kier molecular flexibility index (Phi) is 38.3. The fourth-order valence-corrected chi connectivity index (χ4v) is 24.8. The van der Waals surface area contributed by atoms with Crippen LogP contribution in [-0.2, 0) is 152 Å². The Hall–Kier alpha value is -10.2. The highest BCUT2D eigenvalue weighted by Crippen LogP contribution is 2.55. The van der Waals surface area contributed by atoms with Crippen LogP contribution >= 0.6 is 7.82 Å². The van der Waals surface area contributed by atoms with E-state index >= 15 is 18.9 Å². The number of methoxy groups -OCH3 is 4. The minimum atomic E-state index is -4.89. The summed E-state index contributed by atoms with van der Waals surface area (Å²) in [7, 11) is -2.18. The number of benzene rings is 10. The van der Waals surface area contributed by atoms with E-state index in [2.05, 4.69) is 41.5 Å². The quantitative estimate of drug-likeness (QED) is 0.0148. The molecule has 0 spiro atoms. The van der Waals surface area contributed by atoms with E-state index in [1.54, 1.807) is 170 Å². The van der Waals surface area contributed by atoms with Gasteiger partial charge in [-0.15, -0.1) is 0 Å². The zero-order valence-electron chi connectivity index (χ0n) is 78.6. The molecule has 14 rings (SSSR count). The van der Waals surface area contributed by atoms with Gasteiger partial charge in [-0.05, 0) is 98.5 Å². The lowest BCUT2D eigenvalue weighted by Gasteiger charge is -2.53. The molecule has 4 aliphatic rings. The van der Waals surface area contributed by atoms with Crippen LogP contribution in [0.5, 0.6) is 0 Å². The molecule has 0 radical (unpaired) electrons.